The molecule has 4 nitrogen and oxygen atoms in total. The van der Waals surface area contributed by atoms with Gasteiger partial charge in [0.25, 0.3) is 0 Å². The summed E-state index contributed by atoms with van der Waals surface area (Å²) in [6, 6.07) is 0.334. The summed E-state index contributed by atoms with van der Waals surface area (Å²) < 4.78 is 10.3. The molecule has 0 radical (unpaired) electrons. The van der Waals surface area contributed by atoms with Crippen LogP contribution in [0.1, 0.15) is 39.5 Å². The fourth-order valence-corrected chi connectivity index (χ4v) is 2.43. The number of carbonyl (C=O) groups excluding carboxylic acids is 1. The van der Waals surface area contributed by atoms with E-state index in [9.17, 15) is 4.79 Å². The van der Waals surface area contributed by atoms with E-state index in [4.69, 9.17) is 9.47 Å². The lowest BCUT2D eigenvalue weighted by atomic mass is 9.99. The number of esters is 1. The first-order valence-corrected chi connectivity index (χ1v) is 6.62. The molecule has 2 atom stereocenters. The second kappa shape index (κ2) is 7.67. The fourth-order valence-electron chi connectivity index (χ4n) is 2.43. The molecule has 1 aliphatic rings. The van der Waals surface area contributed by atoms with Gasteiger partial charge < -0.3 is 9.47 Å². The first kappa shape index (κ1) is 14.5. The number of methoxy groups -OCH3 is 1. The summed E-state index contributed by atoms with van der Waals surface area (Å²) in [5.74, 6) is -0.0588. The number of rotatable bonds is 6. The Labute approximate surface area is 104 Å². The second-order valence-electron chi connectivity index (χ2n) is 4.63. The van der Waals surface area contributed by atoms with E-state index in [2.05, 4.69) is 11.8 Å². The molecule has 0 saturated carbocycles. The lowest BCUT2D eigenvalue weighted by Gasteiger charge is -2.38. The smallest absolute Gasteiger partial charge is 0.323 e. The van der Waals surface area contributed by atoms with Gasteiger partial charge >= 0.3 is 5.97 Å². The highest BCUT2D eigenvalue weighted by atomic mass is 16.5. The maximum atomic E-state index is 11.9. The maximum absolute atomic E-state index is 11.9. The standard InChI is InChI=1S/C13H25NO3/c1-4-17-13(15)12-7-5-6-9-14(12)11(2)8-10-16-3/h11-12H,4-10H2,1-3H3. The van der Waals surface area contributed by atoms with Crippen molar-refractivity contribution in [2.45, 2.75) is 51.6 Å². The summed E-state index contributed by atoms with van der Waals surface area (Å²) in [7, 11) is 1.71. The molecule has 0 N–H and O–H groups in total. The molecule has 1 aliphatic heterocycles. The molecule has 0 aromatic carbocycles. The lowest BCUT2D eigenvalue weighted by molar-refractivity contribution is -0.152. The zero-order valence-electron chi connectivity index (χ0n) is 11.3. The van der Waals surface area contributed by atoms with Crippen molar-refractivity contribution in [2.75, 3.05) is 26.9 Å². The molecular formula is C13H25NO3. The Kier molecular flexibility index (Phi) is 6.52. The van der Waals surface area contributed by atoms with Crippen molar-refractivity contribution in [1.29, 1.82) is 0 Å². The number of carbonyl (C=O) groups is 1. The fraction of sp³-hybridized carbons (Fsp3) is 0.923. The molecule has 1 fully saturated rings. The molecular weight excluding hydrogens is 218 g/mol. The molecule has 100 valence electrons. The van der Waals surface area contributed by atoms with Gasteiger partial charge in [-0.25, -0.2) is 0 Å². The van der Waals surface area contributed by atoms with Gasteiger partial charge in [-0.1, -0.05) is 6.42 Å². The predicted molar refractivity (Wildman–Crippen MR) is 66.9 cm³/mol. The van der Waals surface area contributed by atoms with E-state index >= 15 is 0 Å². The molecule has 0 bridgehead atoms. The Balaban J connectivity index is 2.55. The monoisotopic (exact) mass is 243 g/mol. The van der Waals surface area contributed by atoms with Crippen LogP contribution in [-0.4, -0.2) is 49.8 Å². The minimum Gasteiger partial charge on any atom is -0.465 e. The SMILES string of the molecule is CCOC(=O)C1CCCCN1C(C)CCOC. The van der Waals surface area contributed by atoms with E-state index in [1.807, 2.05) is 6.92 Å². The van der Waals surface area contributed by atoms with E-state index in [0.29, 0.717) is 12.6 Å². The van der Waals surface area contributed by atoms with Gasteiger partial charge in [-0.2, -0.15) is 0 Å². The summed E-state index contributed by atoms with van der Waals surface area (Å²) >= 11 is 0. The predicted octanol–water partition coefficient (Wildman–Crippen LogP) is 1.83. The largest absolute Gasteiger partial charge is 0.465 e. The van der Waals surface area contributed by atoms with Crippen molar-refractivity contribution in [2.24, 2.45) is 0 Å². The van der Waals surface area contributed by atoms with Crippen LogP contribution in [-0.2, 0) is 14.3 Å². The minimum absolute atomic E-state index is 0.0458. The van der Waals surface area contributed by atoms with Gasteiger partial charge in [-0.05, 0) is 39.7 Å². The number of nitrogens with zero attached hydrogens (tertiary/aromatic N) is 1. The molecule has 0 aliphatic carbocycles. The summed E-state index contributed by atoms with van der Waals surface area (Å²) in [6.45, 7) is 6.23. The van der Waals surface area contributed by atoms with Crippen LogP contribution in [0.2, 0.25) is 0 Å². The molecule has 1 rings (SSSR count). The number of hydrogen-bond acceptors (Lipinski definition) is 4. The van der Waals surface area contributed by atoms with Crippen LogP contribution in [0.5, 0.6) is 0 Å². The highest BCUT2D eigenvalue weighted by Crippen LogP contribution is 2.22. The quantitative estimate of drug-likeness (QED) is 0.667. The van der Waals surface area contributed by atoms with Crippen molar-refractivity contribution in [3.8, 4) is 0 Å². The zero-order valence-corrected chi connectivity index (χ0v) is 11.3. The van der Waals surface area contributed by atoms with E-state index in [1.54, 1.807) is 7.11 Å². The van der Waals surface area contributed by atoms with Crippen LogP contribution in [0.3, 0.4) is 0 Å². The molecule has 17 heavy (non-hydrogen) atoms. The molecule has 4 heteroatoms. The second-order valence-corrected chi connectivity index (χ2v) is 4.63. The number of ether oxygens (including phenoxy) is 2. The van der Waals surface area contributed by atoms with Crippen LogP contribution in [0.25, 0.3) is 0 Å². The number of likely N-dealkylation sites (tertiary alicyclic amines) is 1. The van der Waals surface area contributed by atoms with E-state index in [-0.39, 0.29) is 12.0 Å². The Morgan fingerprint density at radius 1 is 1.47 bits per heavy atom. The van der Waals surface area contributed by atoms with Gasteiger partial charge in [0.15, 0.2) is 0 Å². The Bertz CT molecular complexity index is 233. The highest BCUT2D eigenvalue weighted by molar-refractivity contribution is 5.75. The van der Waals surface area contributed by atoms with E-state index in [0.717, 1.165) is 32.4 Å². The summed E-state index contributed by atoms with van der Waals surface area (Å²) in [6.07, 6.45) is 4.19. The maximum Gasteiger partial charge on any atom is 0.323 e. The van der Waals surface area contributed by atoms with Gasteiger partial charge in [0.1, 0.15) is 6.04 Å². The molecule has 0 aromatic heterocycles. The third-order valence-corrected chi connectivity index (χ3v) is 3.41. The third-order valence-electron chi connectivity index (χ3n) is 3.41. The van der Waals surface area contributed by atoms with Crippen LogP contribution >= 0.6 is 0 Å². The summed E-state index contributed by atoms with van der Waals surface area (Å²) in [5, 5.41) is 0. The zero-order chi connectivity index (χ0) is 12.7. The Hall–Kier alpha value is -0.610. The molecule has 1 heterocycles. The summed E-state index contributed by atoms with van der Waals surface area (Å²) in [5.41, 5.74) is 0. The average molecular weight is 243 g/mol. The van der Waals surface area contributed by atoms with Crippen LogP contribution in [0, 0.1) is 0 Å². The Morgan fingerprint density at radius 2 is 2.24 bits per heavy atom. The molecule has 1 saturated heterocycles. The average Bonchev–Trinajstić information content (AvgIpc) is 2.36. The lowest BCUT2D eigenvalue weighted by Crippen LogP contribution is -2.50. The number of piperidine rings is 1. The first-order valence-electron chi connectivity index (χ1n) is 6.62. The van der Waals surface area contributed by atoms with Crippen LogP contribution in [0.4, 0.5) is 0 Å². The number of hydrogen-bond donors (Lipinski definition) is 0. The minimum atomic E-state index is -0.0588. The van der Waals surface area contributed by atoms with E-state index in [1.165, 1.54) is 6.42 Å². The topological polar surface area (TPSA) is 38.8 Å². The molecule has 2 unspecified atom stereocenters. The van der Waals surface area contributed by atoms with Crippen molar-refractivity contribution in [1.82, 2.24) is 4.90 Å². The van der Waals surface area contributed by atoms with Crippen molar-refractivity contribution in [3.63, 3.8) is 0 Å². The van der Waals surface area contributed by atoms with Crippen molar-refractivity contribution in [3.05, 3.63) is 0 Å². The Morgan fingerprint density at radius 3 is 2.88 bits per heavy atom. The van der Waals surface area contributed by atoms with Gasteiger partial charge in [-0.15, -0.1) is 0 Å². The molecule has 0 amide bonds. The van der Waals surface area contributed by atoms with Gasteiger partial charge in [0.05, 0.1) is 6.61 Å². The van der Waals surface area contributed by atoms with Gasteiger partial charge in [0, 0.05) is 19.8 Å². The van der Waals surface area contributed by atoms with Crippen molar-refractivity contribution < 1.29 is 14.3 Å². The summed E-state index contributed by atoms with van der Waals surface area (Å²) in [4.78, 5) is 14.2. The van der Waals surface area contributed by atoms with Crippen molar-refractivity contribution >= 4 is 5.97 Å². The van der Waals surface area contributed by atoms with Crippen LogP contribution in [0.15, 0.2) is 0 Å². The first-order chi connectivity index (χ1) is 8.20. The normalized spacial score (nSPS) is 23.4. The van der Waals surface area contributed by atoms with E-state index < -0.39 is 0 Å². The third kappa shape index (κ3) is 4.28. The van der Waals surface area contributed by atoms with Gasteiger partial charge in [-0.3, -0.25) is 9.69 Å². The highest BCUT2D eigenvalue weighted by Gasteiger charge is 2.32. The van der Waals surface area contributed by atoms with Crippen LogP contribution < -0.4 is 0 Å². The molecule has 0 spiro atoms. The van der Waals surface area contributed by atoms with Gasteiger partial charge in [0.2, 0.25) is 0 Å². The molecule has 0 aromatic rings.